The highest BCUT2D eigenvalue weighted by Crippen LogP contribution is 2.32. The lowest BCUT2D eigenvalue weighted by atomic mass is 9.90. The molecule has 0 aliphatic carbocycles. The Balaban J connectivity index is 1.64. The third kappa shape index (κ3) is 10.2. The maximum absolute atomic E-state index is 12.6. The molecule has 1 N–H and O–H groups in total. The number of hydrogen-bond acceptors (Lipinski definition) is 10. The van der Waals surface area contributed by atoms with Crippen molar-refractivity contribution in [3.63, 3.8) is 0 Å². The molecule has 12 heteroatoms. The van der Waals surface area contributed by atoms with E-state index in [2.05, 4.69) is 0 Å². The first kappa shape index (κ1) is 32.7. The van der Waals surface area contributed by atoms with Crippen LogP contribution in [0.1, 0.15) is 23.1 Å². The van der Waals surface area contributed by atoms with E-state index in [9.17, 15) is 23.6 Å². The third-order valence-corrected chi connectivity index (χ3v) is 7.60. The van der Waals surface area contributed by atoms with Crippen LogP contribution in [-0.2, 0) is 53.1 Å². The van der Waals surface area contributed by atoms with Crippen molar-refractivity contribution in [2.24, 2.45) is 0 Å². The van der Waals surface area contributed by atoms with E-state index in [1.54, 1.807) is 0 Å². The molecule has 3 aromatic carbocycles. The quantitative estimate of drug-likeness (QED) is 0.144. The van der Waals surface area contributed by atoms with Crippen molar-refractivity contribution in [2.75, 3.05) is 19.5 Å². The van der Waals surface area contributed by atoms with Gasteiger partial charge in [-0.1, -0.05) is 91.0 Å². The zero-order chi connectivity index (χ0) is 30.7. The molecule has 0 amide bonds. The van der Waals surface area contributed by atoms with Crippen molar-refractivity contribution in [1.82, 2.24) is 0 Å². The van der Waals surface area contributed by atoms with Crippen LogP contribution >= 0.6 is 0 Å². The van der Waals surface area contributed by atoms with Crippen LogP contribution in [0.25, 0.3) is 0 Å². The van der Waals surface area contributed by atoms with Gasteiger partial charge in [-0.15, -0.1) is 0 Å². The lowest BCUT2D eigenvalue weighted by Gasteiger charge is -2.43. The fourth-order valence-corrected chi connectivity index (χ4v) is 5.67. The summed E-state index contributed by atoms with van der Waals surface area (Å²) in [5, 5.41) is 22.5. The number of rotatable bonds is 16. The summed E-state index contributed by atoms with van der Waals surface area (Å²) >= 11 is 0. The van der Waals surface area contributed by atoms with Crippen molar-refractivity contribution in [1.29, 1.82) is 0 Å². The Morgan fingerprint density at radius 2 is 1.30 bits per heavy atom. The largest absolute Gasteiger partial charge is 0.394 e. The van der Waals surface area contributed by atoms with E-state index < -0.39 is 58.2 Å². The number of benzene rings is 3. The third-order valence-electron chi connectivity index (χ3n) is 6.97. The van der Waals surface area contributed by atoms with E-state index >= 15 is 0 Å². The molecule has 1 saturated heterocycles. The summed E-state index contributed by atoms with van der Waals surface area (Å²) in [5.74, 6) is 0. The van der Waals surface area contributed by atoms with Gasteiger partial charge in [-0.2, -0.15) is 8.42 Å². The minimum absolute atomic E-state index is 0.0111. The zero-order valence-corrected chi connectivity index (χ0v) is 24.7. The summed E-state index contributed by atoms with van der Waals surface area (Å²) in [6.45, 7) is -0.204. The van der Waals surface area contributed by atoms with Crippen LogP contribution in [0.5, 0.6) is 0 Å². The molecule has 11 nitrogen and oxygen atoms in total. The molecule has 6 atom stereocenters. The molecule has 0 radical (unpaired) electrons. The van der Waals surface area contributed by atoms with Crippen molar-refractivity contribution in [2.45, 2.75) is 62.8 Å². The van der Waals surface area contributed by atoms with Gasteiger partial charge in [-0.05, 0) is 16.7 Å². The molecule has 3 aromatic rings. The number of nitrogens with zero attached hydrogens (tertiary/aromatic N) is 1. The van der Waals surface area contributed by atoms with Crippen LogP contribution in [-0.4, -0.2) is 74.5 Å². The molecule has 0 unspecified atom stereocenters. The van der Waals surface area contributed by atoms with Gasteiger partial charge in [0.15, 0.2) is 6.10 Å². The van der Waals surface area contributed by atoms with E-state index in [1.807, 2.05) is 91.0 Å². The second-order valence-electron chi connectivity index (χ2n) is 10.4. The Hall–Kier alpha value is -3.23. The minimum Gasteiger partial charge on any atom is -0.394 e. The standard InChI is InChI=1S/C31H37NO10S/c1-43(36,37)42-26(18-33)17-27-29(32(34)35)31(40-21-25-15-9-4-10-16-25)30(39-20-24-13-7-3-8-14-24)28(41-27)22-38-19-23-11-5-2-6-12-23/h2-16,26-31,33H,17-22H2,1H3/t26-,27-,28+,29-,30-,31+/m0/s1. The van der Waals surface area contributed by atoms with E-state index in [4.69, 9.17) is 23.1 Å². The van der Waals surface area contributed by atoms with Crippen molar-refractivity contribution in [3.8, 4) is 0 Å². The average Bonchev–Trinajstić information content (AvgIpc) is 2.99. The first-order valence-electron chi connectivity index (χ1n) is 13.9. The lowest BCUT2D eigenvalue weighted by molar-refractivity contribution is -0.562. The molecule has 232 valence electrons. The van der Waals surface area contributed by atoms with E-state index in [-0.39, 0.29) is 32.8 Å². The van der Waals surface area contributed by atoms with Gasteiger partial charge in [0.25, 0.3) is 16.2 Å². The number of hydrogen-bond donors (Lipinski definition) is 1. The molecule has 0 saturated carbocycles. The first-order chi connectivity index (χ1) is 20.7. The number of aliphatic hydroxyl groups is 1. The summed E-state index contributed by atoms with van der Waals surface area (Å²) in [5.41, 5.74) is 2.59. The first-order valence-corrected chi connectivity index (χ1v) is 15.8. The molecular weight excluding hydrogens is 578 g/mol. The Morgan fingerprint density at radius 3 is 1.77 bits per heavy atom. The van der Waals surface area contributed by atoms with Crippen LogP contribution in [0.4, 0.5) is 0 Å². The van der Waals surface area contributed by atoms with Crippen LogP contribution in [0.15, 0.2) is 91.0 Å². The molecule has 1 aliphatic heterocycles. The molecule has 0 aromatic heterocycles. The smallest absolute Gasteiger partial charge is 0.267 e. The highest BCUT2D eigenvalue weighted by Gasteiger charge is 2.54. The lowest BCUT2D eigenvalue weighted by Crippen LogP contribution is -2.63. The van der Waals surface area contributed by atoms with Crippen molar-refractivity contribution >= 4 is 10.1 Å². The van der Waals surface area contributed by atoms with Gasteiger partial charge in [0.1, 0.15) is 24.4 Å². The van der Waals surface area contributed by atoms with E-state index in [0.717, 1.165) is 22.9 Å². The SMILES string of the molecule is CS(=O)(=O)O[C@H](CO)C[C@@H]1O[C@H](COCc2ccccc2)[C@H](OCc2ccccc2)[C@H](OCc2ccccc2)[C@H]1[N+](=O)[O-]. The Labute approximate surface area is 251 Å². The molecule has 0 spiro atoms. The topological polar surface area (TPSA) is 144 Å². The summed E-state index contributed by atoms with van der Waals surface area (Å²) in [7, 11) is -3.96. The summed E-state index contributed by atoms with van der Waals surface area (Å²) < 4.78 is 53.5. The second-order valence-corrected chi connectivity index (χ2v) is 12.0. The predicted molar refractivity (Wildman–Crippen MR) is 157 cm³/mol. The summed E-state index contributed by atoms with van der Waals surface area (Å²) in [6, 6.07) is 26.7. The van der Waals surface area contributed by atoms with Crippen LogP contribution in [0.3, 0.4) is 0 Å². The maximum Gasteiger partial charge on any atom is 0.267 e. The normalized spacial score (nSPS) is 23.1. The zero-order valence-electron chi connectivity index (χ0n) is 23.8. The van der Waals surface area contributed by atoms with Gasteiger partial charge in [-0.25, -0.2) is 0 Å². The molecule has 43 heavy (non-hydrogen) atoms. The minimum atomic E-state index is -3.96. The Morgan fingerprint density at radius 1 is 0.814 bits per heavy atom. The second kappa shape index (κ2) is 16.0. The van der Waals surface area contributed by atoms with E-state index in [1.165, 1.54) is 0 Å². The summed E-state index contributed by atoms with van der Waals surface area (Å²) in [4.78, 5) is 12.1. The van der Waals surface area contributed by atoms with Gasteiger partial charge in [-0.3, -0.25) is 14.3 Å². The molecule has 1 heterocycles. The highest BCUT2D eigenvalue weighted by atomic mass is 32.2. The number of aliphatic hydroxyl groups excluding tert-OH is 1. The average molecular weight is 616 g/mol. The van der Waals surface area contributed by atoms with Gasteiger partial charge in [0.2, 0.25) is 0 Å². The van der Waals surface area contributed by atoms with E-state index in [0.29, 0.717) is 0 Å². The van der Waals surface area contributed by atoms with Gasteiger partial charge >= 0.3 is 0 Å². The van der Waals surface area contributed by atoms with Gasteiger partial charge in [0, 0.05) is 11.3 Å². The monoisotopic (exact) mass is 615 g/mol. The van der Waals surface area contributed by atoms with Crippen LogP contribution < -0.4 is 0 Å². The molecular formula is C31H37NO10S. The van der Waals surface area contributed by atoms with Gasteiger partial charge in [0.05, 0.1) is 39.3 Å². The van der Waals surface area contributed by atoms with Crippen molar-refractivity contribution < 1.29 is 41.6 Å². The van der Waals surface area contributed by atoms with Crippen LogP contribution in [0, 0.1) is 10.1 Å². The Kier molecular flexibility index (Phi) is 12.2. The number of ether oxygens (including phenoxy) is 4. The summed E-state index contributed by atoms with van der Waals surface area (Å²) in [6.07, 6.45) is -4.73. The fourth-order valence-electron chi connectivity index (χ4n) is 5.03. The van der Waals surface area contributed by atoms with Crippen LogP contribution in [0.2, 0.25) is 0 Å². The molecule has 4 rings (SSSR count). The molecule has 1 fully saturated rings. The number of nitro groups is 1. The molecule has 1 aliphatic rings. The highest BCUT2D eigenvalue weighted by molar-refractivity contribution is 7.86. The molecule has 0 bridgehead atoms. The predicted octanol–water partition coefficient (Wildman–Crippen LogP) is 3.51. The fraction of sp³-hybridized carbons (Fsp3) is 0.419. The Bertz CT molecular complexity index is 1360. The van der Waals surface area contributed by atoms with Crippen molar-refractivity contribution in [3.05, 3.63) is 118 Å². The van der Waals surface area contributed by atoms with Gasteiger partial charge < -0.3 is 24.1 Å². The maximum atomic E-state index is 12.6.